The number of fused-ring (bicyclic) bond motifs is 1. The molecule has 0 atom stereocenters. The molecule has 3 fully saturated rings. The monoisotopic (exact) mass is 1190 g/mol. The molecule has 3 N–H and O–H groups in total. The van der Waals surface area contributed by atoms with E-state index in [0.29, 0.717) is 59.0 Å². The molecule has 3 saturated heterocycles. The minimum atomic E-state index is -0.541. The van der Waals surface area contributed by atoms with Gasteiger partial charge < -0.3 is 48.5 Å². The average Bonchev–Trinajstić information content (AvgIpc) is 3.88. The predicted molar refractivity (Wildman–Crippen MR) is 324 cm³/mol. The van der Waals surface area contributed by atoms with Gasteiger partial charge in [-0.15, -0.1) is 10.2 Å². The van der Waals surface area contributed by atoms with Crippen LogP contribution in [0.25, 0.3) is 33.2 Å². The lowest BCUT2D eigenvalue weighted by molar-refractivity contribution is 0.00578. The van der Waals surface area contributed by atoms with E-state index in [1.165, 1.54) is 18.6 Å². The molecule has 83 heavy (non-hydrogen) atoms. The summed E-state index contributed by atoms with van der Waals surface area (Å²) in [6.07, 6.45) is 11.1. The molecule has 0 bridgehead atoms. The second-order valence-electron chi connectivity index (χ2n) is 22.7. The predicted octanol–water partition coefficient (Wildman–Crippen LogP) is 10.3. The van der Waals surface area contributed by atoms with Gasteiger partial charge in [0.15, 0.2) is 5.82 Å². The van der Waals surface area contributed by atoms with E-state index >= 15 is 0 Å². The summed E-state index contributed by atoms with van der Waals surface area (Å²) in [4.78, 5) is 51.0. The zero-order valence-electron chi connectivity index (χ0n) is 49.6. The average molecular weight is 1190 g/mol. The third kappa shape index (κ3) is 15.2. The van der Waals surface area contributed by atoms with Crippen LogP contribution in [0.2, 0.25) is 0 Å². The summed E-state index contributed by atoms with van der Waals surface area (Å²) in [7, 11) is -1.48. The van der Waals surface area contributed by atoms with Crippen molar-refractivity contribution in [1.29, 1.82) is 0 Å². The molecule has 5 aromatic heterocycles. The lowest BCUT2D eigenvalue weighted by atomic mass is 9.49. The molecular weight excluding hydrogens is 1120 g/mol. The number of primary amides is 1. The number of aromatic nitrogens is 6. The van der Waals surface area contributed by atoms with Gasteiger partial charge in [-0.3, -0.25) is 24.7 Å². The number of pyridine rings is 4. The zero-order valence-corrected chi connectivity index (χ0v) is 51.2. The highest BCUT2D eigenvalue weighted by molar-refractivity contribution is 9.10. The molecule has 0 saturated carbocycles. The highest BCUT2D eigenvalue weighted by Gasteiger charge is 2.63. The van der Waals surface area contributed by atoms with Gasteiger partial charge in [0.1, 0.15) is 5.69 Å². The molecule has 3 aliphatic heterocycles. The number of nitrogens with two attached hydrogens (primary N) is 1. The van der Waals surface area contributed by atoms with Crippen LogP contribution in [0.1, 0.15) is 134 Å². The van der Waals surface area contributed by atoms with E-state index in [2.05, 4.69) is 69.6 Å². The molecule has 0 spiro atoms. The summed E-state index contributed by atoms with van der Waals surface area (Å²) < 4.78 is 46.2. The number of amides is 1. The Hall–Kier alpha value is -6.98. The van der Waals surface area contributed by atoms with Crippen molar-refractivity contribution in [3.8, 4) is 22.4 Å². The van der Waals surface area contributed by atoms with Crippen LogP contribution in [-0.2, 0) is 43.9 Å². The summed E-state index contributed by atoms with van der Waals surface area (Å²) in [5.41, 5.74) is 9.36. The summed E-state index contributed by atoms with van der Waals surface area (Å²) in [5, 5.41) is 14.2. The minimum absolute atomic E-state index is 0.319. The van der Waals surface area contributed by atoms with Gasteiger partial charge in [0, 0.05) is 69.6 Å². The first-order chi connectivity index (χ1) is 39.1. The molecule has 3 aliphatic rings. The first kappa shape index (κ1) is 63.6. The fourth-order valence-electron chi connectivity index (χ4n) is 8.41. The van der Waals surface area contributed by atoms with Crippen LogP contribution in [0.5, 0.6) is 0 Å². The van der Waals surface area contributed by atoms with Gasteiger partial charge >= 0.3 is 33.1 Å². The molecule has 2 aromatic carbocycles. The first-order valence-electron chi connectivity index (χ1n) is 27.3. The van der Waals surface area contributed by atoms with Gasteiger partial charge in [-0.05, 0) is 154 Å². The van der Waals surface area contributed by atoms with Crippen molar-refractivity contribution in [2.24, 2.45) is 5.73 Å². The van der Waals surface area contributed by atoms with Crippen LogP contribution in [0.3, 0.4) is 0 Å². The van der Waals surface area contributed by atoms with Crippen LogP contribution in [0.4, 0.5) is 5.82 Å². The van der Waals surface area contributed by atoms with Gasteiger partial charge in [-0.1, -0.05) is 54.6 Å². The fraction of sp³-hybridized carbons (Fsp3) is 0.383. The normalized spacial score (nSPS) is 17.4. The molecule has 19 nitrogen and oxygen atoms in total. The van der Waals surface area contributed by atoms with Gasteiger partial charge in [-0.2, -0.15) is 0 Å². The number of hydrogen-bond donors (Lipinski definition) is 2. The summed E-state index contributed by atoms with van der Waals surface area (Å²) in [5.74, 6) is -0.622. The Bertz CT molecular complexity index is 3320. The number of rotatable bonds is 12. The Morgan fingerprint density at radius 2 is 1.08 bits per heavy atom. The van der Waals surface area contributed by atoms with Crippen LogP contribution in [-0.4, -0.2) is 116 Å². The third-order valence-electron chi connectivity index (χ3n) is 15.1. The van der Waals surface area contributed by atoms with Crippen LogP contribution in [0.15, 0.2) is 133 Å². The smallest absolute Gasteiger partial charge is 0.462 e. The van der Waals surface area contributed by atoms with Gasteiger partial charge in [0.05, 0.1) is 75.7 Å². The maximum Gasteiger partial charge on any atom is 0.496 e. The van der Waals surface area contributed by atoms with Crippen molar-refractivity contribution >= 4 is 77.0 Å². The topological polar surface area (TPSA) is 240 Å². The van der Waals surface area contributed by atoms with Crippen molar-refractivity contribution in [2.45, 2.75) is 137 Å². The number of ether oxygens (including phenoxy) is 2. The summed E-state index contributed by atoms with van der Waals surface area (Å²) in [6, 6.07) is 27.0. The number of hydrogen-bond acceptors (Lipinski definition) is 18. The molecule has 23 heteroatoms. The van der Waals surface area contributed by atoms with Crippen LogP contribution in [0, 0.1) is 0 Å². The standard InChI is InChI=1S/C26H20N6O.C14H20BNO4.C12H24B2O4.C8H8BrNO2/c27-25(33)19-13-18(14-28-15-19)24-22-11-6-10-21(17-7-2-1-3-8-17)23(22)26(32-31-24)30-16-20-9-4-5-12-29-20;1-6-18-12(17)10-7-11(9-16-8-10)15-19-13(2,3)14(4,5)20-15;1-9(2)10(3,4)16-13(15-9)14-17-11(5,6)12(7,8)18-14;1-2-12-8(11)6-3-7(9)5-10-4-6/h1-15H,16H2,(H2,27,33)(H,30,32);7-9H,6H2,1-5H3;1-8H3;3-5H,2H2,1H3. The number of carbonyl (C=O) groups excluding carboxylic acids is 3. The highest BCUT2D eigenvalue weighted by Crippen LogP contribution is 2.43. The largest absolute Gasteiger partial charge is 0.496 e. The maximum absolute atomic E-state index is 11.7. The van der Waals surface area contributed by atoms with E-state index in [0.717, 1.165) is 32.1 Å². The Morgan fingerprint density at radius 1 is 0.566 bits per heavy atom. The molecule has 1 amide bonds. The second kappa shape index (κ2) is 26.3. The van der Waals surface area contributed by atoms with Crippen molar-refractivity contribution in [3.63, 3.8) is 0 Å². The second-order valence-corrected chi connectivity index (χ2v) is 23.6. The van der Waals surface area contributed by atoms with Gasteiger partial charge in [-0.25, -0.2) is 9.59 Å². The van der Waals surface area contributed by atoms with E-state index in [1.54, 1.807) is 56.8 Å². The number of nitrogens with zero attached hydrogens (tertiary/aromatic N) is 6. The minimum Gasteiger partial charge on any atom is -0.462 e. The molecule has 10 rings (SSSR count). The third-order valence-corrected chi connectivity index (χ3v) is 15.6. The molecule has 0 aliphatic carbocycles. The molecule has 0 radical (unpaired) electrons. The first-order valence-corrected chi connectivity index (χ1v) is 28.1. The SMILES string of the molecule is CC1(C)OB(B2OC(C)(C)C(C)(C)O2)OC1(C)C.CCOC(=O)c1cncc(B2OC(C)(C)C(C)(C)O2)c1.CCOC(=O)c1cncc(Br)c1.NC(=O)c1cncc(-c2nnc(NCc3ccccn3)c3c(-c4ccccc4)cccc23)c1. The zero-order chi connectivity index (χ0) is 60.5. The van der Waals surface area contributed by atoms with Crippen molar-refractivity contribution in [1.82, 2.24) is 30.1 Å². The van der Waals surface area contributed by atoms with Crippen LogP contribution >= 0.6 is 15.9 Å². The van der Waals surface area contributed by atoms with Crippen molar-refractivity contribution in [2.75, 3.05) is 18.5 Å². The quantitative estimate of drug-likeness (QED) is 0.0854. The lowest BCUT2D eigenvalue weighted by Crippen LogP contribution is -2.41. The number of halogens is 1. The molecule has 0 unspecified atom stereocenters. The Morgan fingerprint density at radius 3 is 1.61 bits per heavy atom. The summed E-state index contributed by atoms with van der Waals surface area (Å²) in [6.45, 7) is 28.9. The van der Waals surface area contributed by atoms with Gasteiger partial charge in [0.25, 0.3) is 0 Å². The Balaban J connectivity index is 0.000000171. The molecular formula is C60H72B3BrN8O11. The van der Waals surface area contributed by atoms with Crippen molar-refractivity contribution in [3.05, 3.63) is 155 Å². The number of benzene rings is 2. The fourth-order valence-corrected chi connectivity index (χ4v) is 8.78. The van der Waals surface area contributed by atoms with E-state index < -0.39 is 44.2 Å². The number of nitrogens with one attached hydrogen (secondary N) is 1. The van der Waals surface area contributed by atoms with E-state index in [9.17, 15) is 14.4 Å². The highest BCUT2D eigenvalue weighted by atomic mass is 79.9. The van der Waals surface area contributed by atoms with E-state index in [-0.39, 0.29) is 28.4 Å². The van der Waals surface area contributed by atoms with Crippen LogP contribution < -0.4 is 16.5 Å². The molecule has 7 aromatic rings. The molecule has 8 heterocycles. The number of anilines is 1. The van der Waals surface area contributed by atoms with Gasteiger partial charge in [0.2, 0.25) is 5.91 Å². The molecule has 434 valence electrons. The number of carbonyl (C=O) groups is 3. The van der Waals surface area contributed by atoms with E-state index in [1.807, 2.05) is 132 Å². The lowest BCUT2D eigenvalue weighted by Gasteiger charge is -2.32. The van der Waals surface area contributed by atoms with Crippen molar-refractivity contribution < 1.29 is 51.8 Å². The Labute approximate surface area is 495 Å². The maximum atomic E-state index is 11.7. The Kier molecular flexibility index (Phi) is 20.2. The number of esters is 2. The summed E-state index contributed by atoms with van der Waals surface area (Å²) >= 11 is 3.21. The van der Waals surface area contributed by atoms with E-state index in [4.69, 9.17) is 43.1 Å².